The van der Waals surface area contributed by atoms with E-state index in [2.05, 4.69) is 15.6 Å². The quantitative estimate of drug-likeness (QED) is 0.535. The maximum absolute atomic E-state index is 13.7. The molecule has 0 aromatic carbocycles. The lowest BCUT2D eigenvalue weighted by Crippen LogP contribution is -2.66. The summed E-state index contributed by atoms with van der Waals surface area (Å²) < 4.78 is 11.9. The number of amides is 4. The van der Waals surface area contributed by atoms with Crippen molar-refractivity contribution in [2.24, 2.45) is 0 Å². The third kappa shape index (κ3) is 4.56. The molecule has 36 heavy (non-hydrogen) atoms. The molecule has 4 amide bonds. The highest BCUT2D eigenvalue weighted by molar-refractivity contribution is 6.23. The highest BCUT2D eigenvalue weighted by atomic mass is 16.5. The number of allylic oxidation sites excluding steroid dienone is 2. The fourth-order valence-corrected chi connectivity index (χ4v) is 4.84. The van der Waals surface area contributed by atoms with Crippen molar-refractivity contribution in [3.8, 4) is 5.75 Å². The minimum absolute atomic E-state index is 0. The molecule has 0 radical (unpaired) electrons. The third-order valence-electron chi connectivity index (χ3n) is 6.56. The number of nitrogens with zero attached hydrogens (tertiary/aromatic N) is 2. The number of urea groups is 1. The van der Waals surface area contributed by atoms with Crippen molar-refractivity contribution in [1.82, 2.24) is 20.5 Å². The second-order valence-electron chi connectivity index (χ2n) is 9.28. The van der Waals surface area contributed by atoms with E-state index in [1.165, 1.54) is 0 Å². The van der Waals surface area contributed by atoms with Gasteiger partial charge in [-0.2, -0.15) is 0 Å². The predicted octanol–water partition coefficient (Wildman–Crippen LogP) is 4.17. The van der Waals surface area contributed by atoms with Crippen LogP contribution in [0.4, 0.5) is 4.79 Å². The molecular weight excluding hydrogens is 460 g/mol. The van der Waals surface area contributed by atoms with E-state index >= 15 is 0 Å². The first-order chi connectivity index (χ1) is 17.4. The van der Waals surface area contributed by atoms with E-state index in [0.717, 1.165) is 29.7 Å². The van der Waals surface area contributed by atoms with Gasteiger partial charge in [0.1, 0.15) is 22.8 Å². The standard InChI is InChI=1S/C27H28N4O5.2H2/c1-3-6-18-14-31(25(33)24(18)19-11-21(35-15-19)17-8-9-17)16-27(12-23(32)29-26(34)30-27)22(4-2)36-20-7-5-10-28-13-20;;/h3-7,10-11,13,15,17H,8-9,12,14,16H2,1-2H3,(H2,29,30,32,34);2*1H/b6-3-,22-4-;;/t27-;;/m0../s1. The zero-order valence-corrected chi connectivity index (χ0v) is 20.2. The van der Waals surface area contributed by atoms with Gasteiger partial charge in [-0.05, 0) is 56.5 Å². The molecule has 1 saturated carbocycles. The molecule has 1 atom stereocenters. The number of carbonyl (C=O) groups is 3. The molecule has 0 unspecified atom stereocenters. The van der Waals surface area contributed by atoms with Crippen LogP contribution in [0.3, 0.4) is 0 Å². The van der Waals surface area contributed by atoms with Gasteiger partial charge in [0.25, 0.3) is 5.91 Å². The van der Waals surface area contributed by atoms with E-state index in [9.17, 15) is 14.4 Å². The molecule has 2 aliphatic heterocycles. The van der Waals surface area contributed by atoms with E-state index in [-0.39, 0.29) is 21.7 Å². The SMILES string of the molecule is C/C=C\C1=C(c2coc(C3CC3)c2)C(=O)N(C[C@]2(/C(=C/C)Oc3cccnc3)CC(=O)NC(=O)N2)C1.[HH].[HH]. The Labute approximate surface area is 211 Å². The predicted molar refractivity (Wildman–Crippen MR) is 136 cm³/mol. The second-order valence-corrected chi connectivity index (χ2v) is 9.28. The molecule has 2 aromatic rings. The van der Waals surface area contributed by atoms with Gasteiger partial charge < -0.3 is 19.4 Å². The van der Waals surface area contributed by atoms with Gasteiger partial charge in [0, 0.05) is 27.1 Å². The minimum Gasteiger partial charge on any atom is -0.468 e. The molecule has 2 N–H and O–H groups in total. The molecule has 190 valence electrons. The van der Waals surface area contributed by atoms with Crippen LogP contribution in [0.25, 0.3) is 5.57 Å². The van der Waals surface area contributed by atoms with Gasteiger partial charge in [-0.15, -0.1) is 0 Å². The van der Waals surface area contributed by atoms with Crippen LogP contribution < -0.4 is 15.4 Å². The molecule has 1 saturated heterocycles. The van der Waals surface area contributed by atoms with Crippen LogP contribution in [0.2, 0.25) is 0 Å². The van der Waals surface area contributed by atoms with Crippen LogP contribution in [0.1, 0.15) is 53.2 Å². The maximum Gasteiger partial charge on any atom is 0.322 e. The molecule has 9 nitrogen and oxygen atoms in total. The van der Waals surface area contributed by atoms with Crippen molar-refractivity contribution in [2.75, 3.05) is 13.1 Å². The van der Waals surface area contributed by atoms with Crippen LogP contribution in [0.5, 0.6) is 5.75 Å². The smallest absolute Gasteiger partial charge is 0.322 e. The minimum atomic E-state index is -1.26. The summed E-state index contributed by atoms with van der Waals surface area (Å²) in [5, 5.41) is 5.15. The number of carbonyl (C=O) groups excluding carboxylic acids is 3. The van der Waals surface area contributed by atoms with Gasteiger partial charge >= 0.3 is 6.03 Å². The lowest BCUT2D eigenvalue weighted by Gasteiger charge is -2.41. The molecular formula is C27H32N4O5. The van der Waals surface area contributed by atoms with Crippen molar-refractivity contribution in [3.05, 3.63) is 77.7 Å². The molecule has 9 heteroatoms. The monoisotopic (exact) mass is 492 g/mol. The van der Waals surface area contributed by atoms with E-state index < -0.39 is 17.5 Å². The number of rotatable bonds is 8. The summed E-state index contributed by atoms with van der Waals surface area (Å²) in [4.78, 5) is 44.5. The van der Waals surface area contributed by atoms with E-state index in [1.54, 1.807) is 48.7 Å². The Morgan fingerprint density at radius 3 is 2.83 bits per heavy atom. The molecule has 0 spiro atoms. The van der Waals surface area contributed by atoms with E-state index in [1.807, 2.05) is 25.1 Å². The Morgan fingerprint density at radius 2 is 2.17 bits per heavy atom. The topological polar surface area (TPSA) is 114 Å². The second kappa shape index (κ2) is 9.49. The summed E-state index contributed by atoms with van der Waals surface area (Å²) in [5.41, 5.74) is 0.907. The maximum atomic E-state index is 13.7. The van der Waals surface area contributed by atoms with Crippen molar-refractivity contribution in [3.63, 3.8) is 0 Å². The number of aromatic nitrogens is 1. The van der Waals surface area contributed by atoms with Gasteiger partial charge in [0.05, 0.1) is 31.0 Å². The summed E-state index contributed by atoms with van der Waals surface area (Å²) in [6.07, 6.45) is 12.4. The third-order valence-corrected chi connectivity index (χ3v) is 6.56. The van der Waals surface area contributed by atoms with Crippen molar-refractivity contribution >= 4 is 23.4 Å². The zero-order chi connectivity index (χ0) is 25.3. The first kappa shape index (κ1) is 23.6. The van der Waals surface area contributed by atoms with Gasteiger partial charge in [0.15, 0.2) is 0 Å². The number of ether oxygens (including phenoxy) is 1. The fraction of sp³-hybridized carbons (Fsp3) is 0.333. The highest BCUT2D eigenvalue weighted by Crippen LogP contribution is 2.42. The summed E-state index contributed by atoms with van der Waals surface area (Å²) in [7, 11) is 0. The highest BCUT2D eigenvalue weighted by Gasteiger charge is 2.47. The summed E-state index contributed by atoms with van der Waals surface area (Å²) in [6.45, 7) is 4.03. The van der Waals surface area contributed by atoms with E-state index in [0.29, 0.717) is 29.5 Å². The average molecular weight is 493 g/mol. The fourth-order valence-electron chi connectivity index (χ4n) is 4.84. The van der Waals surface area contributed by atoms with E-state index in [4.69, 9.17) is 9.15 Å². The number of hydrogen-bond donors (Lipinski definition) is 2. The summed E-state index contributed by atoms with van der Waals surface area (Å²) >= 11 is 0. The number of hydrogen-bond acceptors (Lipinski definition) is 6. The van der Waals surface area contributed by atoms with Crippen LogP contribution in [-0.2, 0) is 9.59 Å². The summed E-state index contributed by atoms with van der Waals surface area (Å²) in [5.74, 6) is 1.49. The Morgan fingerprint density at radius 1 is 1.33 bits per heavy atom. The number of imide groups is 1. The van der Waals surface area contributed by atoms with Crippen molar-refractivity contribution in [2.45, 2.75) is 44.6 Å². The van der Waals surface area contributed by atoms with Gasteiger partial charge in [0.2, 0.25) is 5.91 Å². The first-order valence-electron chi connectivity index (χ1n) is 12.0. The lowest BCUT2D eigenvalue weighted by molar-refractivity contribution is -0.127. The molecule has 4 heterocycles. The van der Waals surface area contributed by atoms with Gasteiger partial charge in [-0.3, -0.25) is 19.9 Å². The van der Waals surface area contributed by atoms with Crippen LogP contribution in [-0.4, -0.2) is 46.4 Å². The molecule has 2 aromatic heterocycles. The molecule has 0 bridgehead atoms. The molecule has 5 rings (SSSR count). The summed E-state index contributed by atoms with van der Waals surface area (Å²) in [6, 6.07) is 4.77. The number of nitrogens with one attached hydrogen (secondary N) is 2. The number of furan rings is 1. The molecule has 2 fully saturated rings. The zero-order valence-electron chi connectivity index (χ0n) is 20.2. The Balaban J connectivity index is 0.00000200. The Hall–Kier alpha value is -4.14. The van der Waals surface area contributed by atoms with Crippen LogP contribution in [0, 0.1) is 0 Å². The van der Waals surface area contributed by atoms with Gasteiger partial charge in [-0.25, -0.2) is 4.79 Å². The Bertz CT molecular complexity index is 1280. The molecule has 1 aliphatic carbocycles. The number of pyridine rings is 1. The van der Waals surface area contributed by atoms with Crippen molar-refractivity contribution < 1.29 is 26.4 Å². The van der Waals surface area contributed by atoms with Crippen LogP contribution >= 0.6 is 0 Å². The first-order valence-corrected chi connectivity index (χ1v) is 12.0. The van der Waals surface area contributed by atoms with Crippen LogP contribution in [0.15, 0.2) is 70.8 Å². The Kier molecular flexibility index (Phi) is 6.22. The average Bonchev–Trinajstić information content (AvgIpc) is 3.52. The van der Waals surface area contributed by atoms with Gasteiger partial charge in [-0.1, -0.05) is 12.2 Å². The van der Waals surface area contributed by atoms with Crippen molar-refractivity contribution in [1.29, 1.82) is 0 Å². The lowest BCUT2D eigenvalue weighted by atomic mass is 9.89. The molecule has 3 aliphatic rings. The largest absolute Gasteiger partial charge is 0.468 e. The normalized spacial score (nSPS) is 22.9.